The van der Waals surface area contributed by atoms with Gasteiger partial charge in [0.2, 0.25) is 5.91 Å². The van der Waals surface area contributed by atoms with E-state index in [0.717, 1.165) is 18.2 Å². The summed E-state index contributed by atoms with van der Waals surface area (Å²) in [4.78, 5) is 23.7. The Morgan fingerprint density at radius 2 is 2.24 bits per heavy atom. The van der Waals surface area contributed by atoms with Crippen LogP contribution >= 0.6 is 35.0 Å². The van der Waals surface area contributed by atoms with Crippen molar-refractivity contribution in [1.29, 1.82) is 5.26 Å². The van der Waals surface area contributed by atoms with Crippen LogP contribution in [-0.2, 0) is 14.3 Å². The summed E-state index contributed by atoms with van der Waals surface area (Å²) in [5, 5.41) is 13.3. The number of hydrogen-bond donors (Lipinski definition) is 1. The van der Waals surface area contributed by atoms with Crippen molar-refractivity contribution in [3.05, 3.63) is 44.4 Å². The van der Waals surface area contributed by atoms with Crippen molar-refractivity contribution in [1.82, 2.24) is 5.32 Å². The molecule has 0 saturated carbocycles. The predicted octanol–water partition coefficient (Wildman–Crippen LogP) is 4.02. The molecule has 1 aromatic rings. The quantitative estimate of drug-likeness (QED) is 0.731. The number of nitrogens with zero attached hydrogens (tertiary/aromatic N) is 1. The van der Waals surface area contributed by atoms with Crippen LogP contribution in [0.5, 0.6) is 0 Å². The van der Waals surface area contributed by atoms with Crippen molar-refractivity contribution in [2.45, 2.75) is 25.7 Å². The maximum atomic E-state index is 12.1. The van der Waals surface area contributed by atoms with Gasteiger partial charge in [0.25, 0.3) is 0 Å². The van der Waals surface area contributed by atoms with E-state index in [1.54, 1.807) is 18.2 Å². The minimum atomic E-state index is -0.501. The molecule has 25 heavy (non-hydrogen) atoms. The van der Waals surface area contributed by atoms with Crippen LogP contribution in [0.15, 0.2) is 28.8 Å². The number of hydrogen-bond acceptors (Lipinski definition) is 5. The first kappa shape index (κ1) is 19.6. The van der Waals surface area contributed by atoms with Gasteiger partial charge in [0.15, 0.2) is 0 Å². The zero-order valence-corrected chi connectivity index (χ0v) is 15.8. The second-order valence-electron chi connectivity index (χ2n) is 5.31. The van der Waals surface area contributed by atoms with Crippen molar-refractivity contribution in [2.75, 3.05) is 12.4 Å². The molecule has 0 radical (unpaired) electrons. The number of esters is 1. The highest BCUT2D eigenvalue weighted by Gasteiger charge is 2.31. The van der Waals surface area contributed by atoms with Crippen molar-refractivity contribution in [3.8, 4) is 6.07 Å². The van der Waals surface area contributed by atoms with E-state index in [4.69, 9.17) is 27.9 Å². The van der Waals surface area contributed by atoms with E-state index >= 15 is 0 Å². The Labute approximate surface area is 160 Å². The van der Waals surface area contributed by atoms with E-state index < -0.39 is 11.9 Å². The van der Waals surface area contributed by atoms with Gasteiger partial charge in [-0.15, -0.1) is 0 Å². The number of carbonyl (C=O) groups excluding carboxylic acids is 2. The summed E-state index contributed by atoms with van der Waals surface area (Å²) in [5.41, 5.74) is 0.976. The Bertz CT molecular complexity index is 759. The predicted molar refractivity (Wildman–Crippen MR) is 98.3 cm³/mol. The molecular weight excluding hydrogens is 383 g/mol. The number of amides is 1. The lowest BCUT2D eigenvalue weighted by atomic mass is 9.87. The molecule has 2 rings (SSSR count). The van der Waals surface area contributed by atoms with Crippen molar-refractivity contribution < 1.29 is 14.3 Å². The zero-order chi connectivity index (χ0) is 18.4. The van der Waals surface area contributed by atoms with Gasteiger partial charge < -0.3 is 10.1 Å². The average molecular weight is 399 g/mol. The Morgan fingerprint density at radius 3 is 2.92 bits per heavy atom. The van der Waals surface area contributed by atoms with E-state index in [2.05, 4.69) is 11.4 Å². The normalized spacial score (nSPS) is 17.0. The third-order valence-electron chi connectivity index (χ3n) is 3.51. The fourth-order valence-electron chi connectivity index (χ4n) is 2.38. The molecule has 0 aromatic heterocycles. The first-order valence-electron chi connectivity index (χ1n) is 7.64. The molecule has 132 valence electrons. The number of allylic oxidation sites excluding steroid dienone is 1. The molecule has 0 saturated heterocycles. The first-order valence-corrected chi connectivity index (χ1v) is 9.38. The van der Waals surface area contributed by atoms with E-state index in [1.807, 2.05) is 6.92 Å². The molecule has 0 unspecified atom stereocenters. The Balaban J connectivity index is 2.28. The molecule has 0 fully saturated rings. The Hall–Kier alpha value is -1.68. The molecule has 1 aliphatic rings. The van der Waals surface area contributed by atoms with Gasteiger partial charge >= 0.3 is 5.97 Å². The number of halogens is 2. The summed E-state index contributed by atoms with van der Waals surface area (Å²) >= 11 is 13.4. The molecule has 1 N–H and O–H groups in total. The van der Waals surface area contributed by atoms with Gasteiger partial charge in [0.05, 0.1) is 39.1 Å². The Morgan fingerprint density at radius 1 is 1.48 bits per heavy atom. The second-order valence-corrected chi connectivity index (χ2v) is 7.08. The number of thioether (sulfide) groups is 1. The standard InChI is InChI=1S/C17H16Cl2N2O3S/c1-2-6-24-15(23)9-25-17-12(8-20)11(7-14(22)21-17)10-4-3-5-13(18)16(10)19/h3-5,11H,2,6-7,9H2,1H3,(H,21,22)/t11-/m0/s1. The fraction of sp³-hybridized carbons (Fsp3) is 0.353. The van der Waals surface area contributed by atoms with E-state index in [9.17, 15) is 14.9 Å². The SMILES string of the molecule is CCCOC(=O)CSC1=C(C#N)[C@H](c2cccc(Cl)c2Cl)CC(=O)N1. The van der Waals surface area contributed by atoms with Crippen LogP contribution in [0, 0.1) is 11.3 Å². The highest BCUT2D eigenvalue weighted by molar-refractivity contribution is 8.03. The largest absolute Gasteiger partial charge is 0.465 e. The third kappa shape index (κ3) is 4.91. The van der Waals surface area contributed by atoms with Gasteiger partial charge in [0.1, 0.15) is 0 Å². The molecule has 5 nitrogen and oxygen atoms in total. The Kier molecular flexibility index (Phi) is 7.18. The molecular formula is C17H16Cl2N2O3S. The van der Waals surface area contributed by atoms with Crippen LogP contribution in [0.1, 0.15) is 31.2 Å². The number of rotatable bonds is 6. The lowest BCUT2D eigenvalue weighted by molar-refractivity contribution is -0.140. The van der Waals surface area contributed by atoms with E-state index in [-0.39, 0.29) is 18.1 Å². The highest BCUT2D eigenvalue weighted by atomic mass is 35.5. The number of nitriles is 1. The molecule has 0 bridgehead atoms. The maximum Gasteiger partial charge on any atom is 0.316 e. The van der Waals surface area contributed by atoms with Crippen LogP contribution in [0.2, 0.25) is 10.0 Å². The number of ether oxygens (including phenoxy) is 1. The second kappa shape index (κ2) is 9.14. The molecule has 0 spiro atoms. The van der Waals surface area contributed by atoms with Gasteiger partial charge in [-0.25, -0.2) is 0 Å². The van der Waals surface area contributed by atoms with E-state index in [1.165, 1.54) is 0 Å². The molecule has 1 amide bonds. The number of carbonyl (C=O) groups is 2. The monoisotopic (exact) mass is 398 g/mol. The lowest BCUT2D eigenvalue weighted by Gasteiger charge is -2.25. The molecule has 1 heterocycles. The zero-order valence-electron chi connectivity index (χ0n) is 13.5. The van der Waals surface area contributed by atoms with Gasteiger partial charge in [-0.1, -0.05) is 54.0 Å². The van der Waals surface area contributed by atoms with Gasteiger partial charge in [-0.3, -0.25) is 9.59 Å². The number of benzene rings is 1. The van der Waals surface area contributed by atoms with Crippen LogP contribution in [0.4, 0.5) is 0 Å². The molecule has 1 aromatic carbocycles. The van der Waals surface area contributed by atoms with Crippen molar-refractivity contribution in [3.63, 3.8) is 0 Å². The van der Waals surface area contributed by atoms with Gasteiger partial charge in [0, 0.05) is 12.3 Å². The number of nitrogens with one attached hydrogen (secondary N) is 1. The summed E-state index contributed by atoms with van der Waals surface area (Å²) < 4.78 is 5.01. The molecule has 1 atom stereocenters. The average Bonchev–Trinajstić information content (AvgIpc) is 2.60. The summed E-state index contributed by atoms with van der Waals surface area (Å²) in [6.45, 7) is 2.24. The molecule has 0 aliphatic carbocycles. The van der Waals surface area contributed by atoms with Crippen LogP contribution in [0.3, 0.4) is 0 Å². The van der Waals surface area contributed by atoms with Crippen molar-refractivity contribution in [2.24, 2.45) is 0 Å². The minimum absolute atomic E-state index is 0.0107. The van der Waals surface area contributed by atoms with Crippen LogP contribution in [-0.4, -0.2) is 24.2 Å². The fourth-order valence-corrected chi connectivity index (χ4v) is 3.69. The van der Waals surface area contributed by atoms with Crippen LogP contribution in [0.25, 0.3) is 0 Å². The lowest BCUT2D eigenvalue weighted by Crippen LogP contribution is -2.31. The summed E-state index contributed by atoms with van der Waals surface area (Å²) in [6, 6.07) is 7.24. The minimum Gasteiger partial charge on any atom is -0.465 e. The summed E-state index contributed by atoms with van der Waals surface area (Å²) in [5.74, 6) is -1.13. The highest BCUT2D eigenvalue weighted by Crippen LogP contribution is 2.40. The van der Waals surface area contributed by atoms with Gasteiger partial charge in [-0.2, -0.15) is 5.26 Å². The third-order valence-corrected chi connectivity index (χ3v) is 5.34. The summed E-state index contributed by atoms with van der Waals surface area (Å²) in [7, 11) is 0. The molecule has 8 heteroatoms. The van der Waals surface area contributed by atoms with Crippen LogP contribution < -0.4 is 5.32 Å². The van der Waals surface area contributed by atoms with Crippen molar-refractivity contribution >= 4 is 46.8 Å². The molecule has 1 aliphatic heterocycles. The topological polar surface area (TPSA) is 79.2 Å². The summed E-state index contributed by atoms with van der Waals surface area (Å²) in [6.07, 6.45) is 0.821. The smallest absolute Gasteiger partial charge is 0.316 e. The van der Waals surface area contributed by atoms with E-state index in [0.29, 0.717) is 32.8 Å². The first-order chi connectivity index (χ1) is 12.0. The van der Waals surface area contributed by atoms with Gasteiger partial charge in [-0.05, 0) is 18.1 Å². The maximum absolute atomic E-state index is 12.1.